The van der Waals surface area contributed by atoms with Crippen LogP contribution in [0.4, 0.5) is 4.79 Å². The molecule has 0 bridgehead atoms. The number of carbonyl (C=O) groups excluding carboxylic acids is 1. The van der Waals surface area contributed by atoms with E-state index in [1.165, 1.54) is 3.58 Å². The summed E-state index contributed by atoms with van der Waals surface area (Å²) in [6.07, 6.45) is 1.31. The molecule has 0 fully saturated rings. The molecular formula is C19H28N2O4Sn. The van der Waals surface area contributed by atoms with Gasteiger partial charge in [-0.15, -0.1) is 0 Å². The van der Waals surface area contributed by atoms with Gasteiger partial charge in [-0.2, -0.15) is 0 Å². The molecular weight excluding hydrogens is 439 g/mol. The molecule has 2 aromatic rings. The first-order valence-corrected chi connectivity index (χ1v) is 18.7. The zero-order chi connectivity index (χ0) is 19.7. The van der Waals surface area contributed by atoms with Gasteiger partial charge < -0.3 is 0 Å². The van der Waals surface area contributed by atoms with Crippen LogP contribution in [-0.4, -0.2) is 52.2 Å². The maximum atomic E-state index is 12.0. The standard InChI is InChI=1S/C16H19N2O4.3CH3.Sn/c1-16(2,3)22-15(21)18-13(14(19)20)8-10-9-17-12-7-5-4-6-11(10)12;;;;/h4-6,9,13,17H,8H2,1-3H3,(H,18,21)(H,19,20);3*1H3;/t13-;;;;/m1..../s1. The van der Waals surface area contributed by atoms with Crippen LogP contribution in [0.1, 0.15) is 26.3 Å². The number of aliphatic carboxylic acids is 1. The topological polar surface area (TPSA) is 91.4 Å². The van der Waals surface area contributed by atoms with E-state index in [1.807, 2.05) is 18.3 Å². The molecule has 2 rings (SSSR count). The number of carbonyl (C=O) groups is 2. The number of fused-ring (bicyclic) bond motifs is 1. The van der Waals surface area contributed by atoms with Gasteiger partial charge in [0.05, 0.1) is 0 Å². The number of alkyl carbamates (subject to hydrolysis) is 1. The molecule has 1 aromatic heterocycles. The van der Waals surface area contributed by atoms with Crippen LogP contribution in [0.2, 0.25) is 14.8 Å². The Morgan fingerprint density at radius 3 is 2.46 bits per heavy atom. The number of hydrogen-bond donors (Lipinski definition) is 3. The van der Waals surface area contributed by atoms with Crippen molar-refractivity contribution in [1.82, 2.24) is 10.3 Å². The summed E-state index contributed by atoms with van der Waals surface area (Å²) >= 11 is -2.30. The fraction of sp³-hybridized carbons (Fsp3) is 0.474. The Balaban J connectivity index is 2.27. The molecule has 0 aliphatic carbocycles. The predicted octanol–water partition coefficient (Wildman–Crippen LogP) is 3.23. The molecule has 0 aliphatic heterocycles. The molecule has 26 heavy (non-hydrogen) atoms. The summed E-state index contributed by atoms with van der Waals surface area (Å²) in [4.78, 5) is 33.9. The number of nitrogens with one attached hydrogen (secondary N) is 2. The third-order valence-corrected chi connectivity index (χ3v) is 9.82. The number of hydrogen-bond acceptors (Lipinski definition) is 3. The molecule has 0 unspecified atom stereocenters. The second-order valence-corrected chi connectivity index (χ2v) is 22.9. The molecule has 1 amide bonds. The minimum absolute atomic E-state index is 0.192. The van der Waals surface area contributed by atoms with Gasteiger partial charge in [-0.05, 0) is 0 Å². The van der Waals surface area contributed by atoms with Gasteiger partial charge in [0.1, 0.15) is 0 Å². The van der Waals surface area contributed by atoms with E-state index in [1.54, 1.807) is 20.8 Å². The normalized spacial score (nSPS) is 13.5. The summed E-state index contributed by atoms with van der Waals surface area (Å²) in [6, 6.07) is 5.13. The molecule has 6 nitrogen and oxygen atoms in total. The Labute approximate surface area is 158 Å². The van der Waals surface area contributed by atoms with Crippen molar-refractivity contribution >= 4 is 44.9 Å². The molecule has 0 saturated heterocycles. The fourth-order valence-electron chi connectivity index (χ4n) is 2.88. The Kier molecular flexibility index (Phi) is 5.95. The average Bonchev–Trinajstić information content (AvgIpc) is 2.86. The van der Waals surface area contributed by atoms with E-state index in [0.717, 1.165) is 16.5 Å². The van der Waals surface area contributed by atoms with Gasteiger partial charge in [0.25, 0.3) is 0 Å². The van der Waals surface area contributed by atoms with Gasteiger partial charge >= 0.3 is 158 Å². The molecule has 1 heterocycles. The van der Waals surface area contributed by atoms with Crippen LogP contribution >= 0.6 is 0 Å². The van der Waals surface area contributed by atoms with E-state index in [4.69, 9.17) is 4.74 Å². The molecule has 7 heteroatoms. The van der Waals surface area contributed by atoms with Gasteiger partial charge in [0.15, 0.2) is 0 Å². The number of rotatable bonds is 5. The average molecular weight is 467 g/mol. The first-order valence-electron chi connectivity index (χ1n) is 8.70. The van der Waals surface area contributed by atoms with Gasteiger partial charge in [-0.1, -0.05) is 0 Å². The number of ether oxygens (including phenoxy) is 1. The van der Waals surface area contributed by atoms with Crippen LogP contribution < -0.4 is 8.90 Å². The monoisotopic (exact) mass is 468 g/mol. The maximum absolute atomic E-state index is 12.0. The number of aromatic nitrogens is 1. The van der Waals surface area contributed by atoms with Crippen LogP contribution in [0.15, 0.2) is 24.4 Å². The summed E-state index contributed by atoms with van der Waals surface area (Å²) < 4.78 is 6.55. The summed E-state index contributed by atoms with van der Waals surface area (Å²) in [5.74, 6) is -1.09. The second kappa shape index (κ2) is 7.50. The Bertz CT molecular complexity index is 815. The summed E-state index contributed by atoms with van der Waals surface area (Å²) in [5.41, 5.74) is 1.29. The van der Waals surface area contributed by atoms with E-state index in [9.17, 15) is 14.7 Å². The summed E-state index contributed by atoms with van der Waals surface area (Å²) in [6.45, 7) is 5.21. The van der Waals surface area contributed by atoms with Crippen LogP contribution in [-0.2, 0) is 16.0 Å². The third kappa shape index (κ3) is 5.15. The first-order chi connectivity index (χ1) is 11.9. The number of carboxylic acid groups (broad SMARTS) is 1. The molecule has 0 radical (unpaired) electrons. The van der Waals surface area contributed by atoms with E-state index >= 15 is 0 Å². The van der Waals surface area contributed by atoms with Crippen molar-refractivity contribution in [1.29, 1.82) is 0 Å². The van der Waals surface area contributed by atoms with Crippen molar-refractivity contribution in [3.8, 4) is 0 Å². The van der Waals surface area contributed by atoms with E-state index < -0.39 is 42.1 Å². The number of benzene rings is 1. The second-order valence-electron chi connectivity index (χ2n) is 8.53. The Morgan fingerprint density at radius 1 is 1.27 bits per heavy atom. The number of H-pyrrole nitrogens is 1. The number of carboxylic acids is 1. The molecule has 3 N–H and O–H groups in total. The van der Waals surface area contributed by atoms with Gasteiger partial charge in [-0.25, -0.2) is 0 Å². The predicted molar refractivity (Wildman–Crippen MR) is 106 cm³/mol. The SMILES string of the molecule is CC(C)(C)OC(=O)N[C@H](Cc1c[nH]c2[c]([Sn]([CH3])([CH3])[CH3])cccc12)C(=O)O. The van der Waals surface area contributed by atoms with E-state index in [2.05, 4.69) is 31.2 Å². The van der Waals surface area contributed by atoms with Crippen molar-refractivity contribution in [2.75, 3.05) is 0 Å². The quantitative estimate of drug-likeness (QED) is 0.590. The third-order valence-electron chi connectivity index (χ3n) is 4.02. The van der Waals surface area contributed by atoms with Crippen molar-refractivity contribution in [2.24, 2.45) is 0 Å². The Morgan fingerprint density at radius 2 is 1.92 bits per heavy atom. The molecule has 0 saturated carbocycles. The summed E-state index contributed by atoms with van der Waals surface area (Å²) in [7, 11) is 0. The first kappa shape index (κ1) is 20.6. The zero-order valence-corrected chi connectivity index (χ0v) is 19.1. The van der Waals surface area contributed by atoms with Crippen molar-refractivity contribution in [3.05, 3.63) is 30.0 Å². The summed E-state index contributed by atoms with van der Waals surface area (Å²) in [5, 5.41) is 13.0. The van der Waals surface area contributed by atoms with Gasteiger partial charge in [-0.3, -0.25) is 0 Å². The van der Waals surface area contributed by atoms with Gasteiger partial charge in [0, 0.05) is 0 Å². The number of amides is 1. The van der Waals surface area contributed by atoms with Crippen LogP contribution in [0, 0.1) is 0 Å². The molecule has 0 spiro atoms. The molecule has 0 aliphatic rings. The van der Waals surface area contributed by atoms with E-state index in [-0.39, 0.29) is 6.42 Å². The van der Waals surface area contributed by atoms with Crippen molar-refractivity contribution in [3.63, 3.8) is 0 Å². The Hall–Kier alpha value is -1.70. The van der Waals surface area contributed by atoms with Crippen molar-refractivity contribution < 1.29 is 19.4 Å². The fourth-order valence-corrected chi connectivity index (χ4v) is 7.31. The molecule has 1 aromatic carbocycles. The zero-order valence-electron chi connectivity index (χ0n) is 16.3. The van der Waals surface area contributed by atoms with Gasteiger partial charge in [0.2, 0.25) is 0 Å². The molecule has 142 valence electrons. The van der Waals surface area contributed by atoms with Crippen LogP contribution in [0.3, 0.4) is 0 Å². The van der Waals surface area contributed by atoms with Crippen LogP contribution in [0.5, 0.6) is 0 Å². The molecule has 1 atom stereocenters. The van der Waals surface area contributed by atoms with Crippen LogP contribution in [0.25, 0.3) is 10.9 Å². The van der Waals surface area contributed by atoms with Crippen molar-refractivity contribution in [2.45, 2.75) is 53.7 Å². The number of para-hydroxylation sites is 1. The number of aromatic amines is 1. The van der Waals surface area contributed by atoms with E-state index in [0.29, 0.717) is 0 Å². The minimum atomic E-state index is -2.30.